The molecule has 4 heteroatoms. The van der Waals surface area contributed by atoms with Crippen molar-refractivity contribution in [2.45, 2.75) is 19.9 Å². The number of hydrogen-bond acceptors (Lipinski definition) is 3. The third kappa shape index (κ3) is 2.53. The number of anilines is 1. The van der Waals surface area contributed by atoms with Crippen LogP contribution in [0, 0.1) is 6.92 Å². The highest BCUT2D eigenvalue weighted by Crippen LogP contribution is 2.23. The van der Waals surface area contributed by atoms with Crippen LogP contribution in [0.1, 0.15) is 34.8 Å². The van der Waals surface area contributed by atoms with E-state index >= 15 is 0 Å². The molecular formula is C14H15NO3. The molecule has 2 N–H and O–H groups in total. The van der Waals surface area contributed by atoms with Crippen molar-refractivity contribution in [3.05, 3.63) is 53.5 Å². The van der Waals surface area contributed by atoms with Gasteiger partial charge in [-0.25, -0.2) is 4.79 Å². The first kappa shape index (κ1) is 12.2. The van der Waals surface area contributed by atoms with Crippen molar-refractivity contribution in [1.29, 1.82) is 0 Å². The fraction of sp³-hybridized carbons (Fsp3) is 0.214. The van der Waals surface area contributed by atoms with Crippen LogP contribution >= 0.6 is 0 Å². The van der Waals surface area contributed by atoms with Crippen LogP contribution in [-0.4, -0.2) is 11.1 Å². The number of carbonyl (C=O) groups is 1. The van der Waals surface area contributed by atoms with Crippen molar-refractivity contribution >= 4 is 11.7 Å². The van der Waals surface area contributed by atoms with Gasteiger partial charge in [0.15, 0.2) is 0 Å². The fourth-order valence-electron chi connectivity index (χ4n) is 1.74. The Balaban J connectivity index is 2.14. The first-order valence-corrected chi connectivity index (χ1v) is 5.73. The lowest BCUT2D eigenvalue weighted by Gasteiger charge is -2.14. The fourth-order valence-corrected chi connectivity index (χ4v) is 1.74. The Morgan fingerprint density at radius 1 is 1.28 bits per heavy atom. The molecule has 0 saturated carbocycles. The van der Waals surface area contributed by atoms with Gasteiger partial charge in [0.05, 0.1) is 6.04 Å². The van der Waals surface area contributed by atoms with E-state index in [0.29, 0.717) is 5.76 Å². The molecule has 0 radical (unpaired) electrons. The Bertz CT molecular complexity index is 560. The summed E-state index contributed by atoms with van der Waals surface area (Å²) in [5.41, 5.74) is 2.15. The van der Waals surface area contributed by atoms with Crippen LogP contribution in [0.4, 0.5) is 5.69 Å². The molecule has 94 valence electrons. The van der Waals surface area contributed by atoms with Gasteiger partial charge in [-0.3, -0.25) is 0 Å². The normalized spacial score (nSPS) is 12.1. The first-order valence-electron chi connectivity index (χ1n) is 5.73. The largest absolute Gasteiger partial charge is 0.475 e. The summed E-state index contributed by atoms with van der Waals surface area (Å²) in [5.74, 6) is -0.483. The molecule has 0 fully saturated rings. The molecule has 0 aliphatic rings. The molecule has 2 aromatic rings. The Hall–Kier alpha value is -2.23. The molecule has 18 heavy (non-hydrogen) atoms. The molecular weight excluding hydrogens is 230 g/mol. The molecule has 0 amide bonds. The highest BCUT2D eigenvalue weighted by molar-refractivity contribution is 5.84. The second kappa shape index (κ2) is 4.96. The number of aryl methyl sites for hydroxylation is 1. The predicted octanol–water partition coefficient (Wildman–Crippen LogP) is 3.46. The Labute approximate surface area is 105 Å². The van der Waals surface area contributed by atoms with Gasteiger partial charge >= 0.3 is 5.97 Å². The highest BCUT2D eigenvalue weighted by atomic mass is 16.4. The highest BCUT2D eigenvalue weighted by Gasteiger charge is 2.14. The summed E-state index contributed by atoms with van der Waals surface area (Å²) < 4.78 is 5.26. The Kier molecular flexibility index (Phi) is 3.37. The van der Waals surface area contributed by atoms with Crippen molar-refractivity contribution in [3.63, 3.8) is 0 Å². The minimum Gasteiger partial charge on any atom is -0.475 e. The van der Waals surface area contributed by atoms with E-state index in [1.165, 1.54) is 6.07 Å². The summed E-state index contributed by atoms with van der Waals surface area (Å²) in [4.78, 5) is 10.7. The lowest BCUT2D eigenvalue weighted by molar-refractivity contribution is 0.0660. The summed E-state index contributed by atoms with van der Waals surface area (Å²) in [6, 6.07) is 11.0. The number of benzene rings is 1. The van der Waals surface area contributed by atoms with Crippen LogP contribution < -0.4 is 5.32 Å². The number of carboxylic acids is 1. The van der Waals surface area contributed by atoms with Crippen LogP contribution in [0.15, 0.2) is 40.8 Å². The number of aromatic carboxylic acids is 1. The van der Waals surface area contributed by atoms with Crippen LogP contribution in [0.3, 0.4) is 0 Å². The molecule has 0 bridgehead atoms. The van der Waals surface area contributed by atoms with E-state index in [4.69, 9.17) is 9.52 Å². The minimum atomic E-state index is -1.05. The third-order valence-corrected chi connectivity index (χ3v) is 2.78. The van der Waals surface area contributed by atoms with E-state index in [2.05, 4.69) is 5.32 Å². The van der Waals surface area contributed by atoms with Gasteiger partial charge in [0.25, 0.3) is 0 Å². The number of furan rings is 1. The number of rotatable bonds is 4. The average molecular weight is 245 g/mol. The maximum atomic E-state index is 10.7. The molecule has 0 saturated heterocycles. The van der Waals surface area contributed by atoms with E-state index in [9.17, 15) is 4.79 Å². The Morgan fingerprint density at radius 3 is 2.61 bits per heavy atom. The molecule has 1 aromatic carbocycles. The SMILES string of the molecule is Cc1ccccc1NC(C)c1ccc(C(=O)O)o1. The van der Waals surface area contributed by atoms with Gasteiger partial charge in [-0.1, -0.05) is 18.2 Å². The molecule has 4 nitrogen and oxygen atoms in total. The summed E-state index contributed by atoms with van der Waals surface area (Å²) >= 11 is 0. The van der Waals surface area contributed by atoms with Crippen LogP contribution in [0.5, 0.6) is 0 Å². The van der Waals surface area contributed by atoms with E-state index in [1.807, 2.05) is 38.1 Å². The molecule has 0 spiro atoms. The van der Waals surface area contributed by atoms with E-state index < -0.39 is 5.97 Å². The molecule has 0 aliphatic carbocycles. The van der Waals surface area contributed by atoms with Crippen LogP contribution in [0.25, 0.3) is 0 Å². The molecule has 1 unspecified atom stereocenters. The summed E-state index contributed by atoms with van der Waals surface area (Å²) in [6.07, 6.45) is 0. The van der Waals surface area contributed by atoms with Crippen LogP contribution in [-0.2, 0) is 0 Å². The molecule has 0 aliphatic heterocycles. The maximum absolute atomic E-state index is 10.7. The van der Waals surface area contributed by atoms with E-state index in [-0.39, 0.29) is 11.8 Å². The monoisotopic (exact) mass is 245 g/mol. The van der Waals surface area contributed by atoms with Gasteiger partial charge in [0, 0.05) is 5.69 Å². The summed E-state index contributed by atoms with van der Waals surface area (Å²) in [6.45, 7) is 3.94. The van der Waals surface area contributed by atoms with Gasteiger partial charge < -0.3 is 14.8 Å². The minimum absolute atomic E-state index is 0.0385. The number of hydrogen-bond donors (Lipinski definition) is 2. The van der Waals surface area contributed by atoms with Crippen molar-refractivity contribution < 1.29 is 14.3 Å². The van der Waals surface area contributed by atoms with Crippen LogP contribution in [0.2, 0.25) is 0 Å². The van der Waals surface area contributed by atoms with E-state index in [0.717, 1.165) is 11.3 Å². The topological polar surface area (TPSA) is 62.5 Å². The number of carboxylic acid groups (broad SMARTS) is 1. The standard InChI is InChI=1S/C14H15NO3/c1-9-5-3-4-6-11(9)15-10(2)12-7-8-13(18-12)14(16)17/h3-8,10,15H,1-2H3,(H,16,17). The smallest absolute Gasteiger partial charge is 0.371 e. The zero-order valence-corrected chi connectivity index (χ0v) is 10.3. The number of para-hydroxylation sites is 1. The predicted molar refractivity (Wildman–Crippen MR) is 68.9 cm³/mol. The molecule has 2 rings (SSSR count). The quantitative estimate of drug-likeness (QED) is 0.865. The maximum Gasteiger partial charge on any atom is 0.371 e. The van der Waals surface area contributed by atoms with Gasteiger partial charge in [-0.05, 0) is 37.6 Å². The zero-order chi connectivity index (χ0) is 13.1. The van der Waals surface area contributed by atoms with Gasteiger partial charge in [-0.15, -0.1) is 0 Å². The molecule has 1 aromatic heterocycles. The lowest BCUT2D eigenvalue weighted by atomic mass is 10.1. The summed E-state index contributed by atoms with van der Waals surface area (Å²) in [5, 5.41) is 12.1. The lowest BCUT2D eigenvalue weighted by Crippen LogP contribution is -2.06. The second-order valence-electron chi connectivity index (χ2n) is 4.19. The van der Waals surface area contributed by atoms with Crippen molar-refractivity contribution in [2.75, 3.05) is 5.32 Å². The average Bonchev–Trinajstić information content (AvgIpc) is 2.81. The molecule has 1 heterocycles. The Morgan fingerprint density at radius 2 is 2.00 bits per heavy atom. The van der Waals surface area contributed by atoms with Crippen molar-refractivity contribution in [3.8, 4) is 0 Å². The molecule has 1 atom stereocenters. The van der Waals surface area contributed by atoms with Crippen molar-refractivity contribution in [1.82, 2.24) is 0 Å². The van der Waals surface area contributed by atoms with Gasteiger partial charge in [0.2, 0.25) is 5.76 Å². The van der Waals surface area contributed by atoms with Gasteiger partial charge in [-0.2, -0.15) is 0 Å². The van der Waals surface area contributed by atoms with E-state index in [1.54, 1.807) is 6.07 Å². The zero-order valence-electron chi connectivity index (χ0n) is 10.3. The summed E-state index contributed by atoms with van der Waals surface area (Å²) in [7, 11) is 0. The second-order valence-corrected chi connectivity index (χ2v) is 4.19. The van der Waals surface area contributed by atoms with Crippen molar-refractivity contribution in [2.24, 2.45) is 0 Å². The van der Waals surface area contributed by atoms with Gasteiger partial charge in [0.1, 0.15) is 5.76 Å². The first-order chi connectivity index (χ1) is 8.58. The number of nitrogens with one attached hydrogen (secondary N) is 1. The third-order valence-electron chi connectivity index (χ3n) is 2.78.